The highest BCUT2D eigenvalue weighted by Crippen LogP contribution is 2.36. The van der Waals surface area contributed by atoms with Gasteiger partial charge in [0, 0.05) is 36.5 Å². The van der Waals surface area contributed by atoms with Crippen LogP contribution in [0, 0.1) is 19.8 Å². The van der Waals surface area contributed by atoms with Gasteiger partial charge in [0.1, 0.15) is 18.0 Å². The fraction of sp³-hybridized carbons (Fsp3) is 0.412. The molecule has 1 fully saturated rings. The summed E-state index contributed by atoms with van der Waals surface area (Å²) in [5, 5.41) is 4.06. The topological polar surface area (TPSA) is 85.2 Å². The fourth-order valence-electron chi connectivity index (χ4n) is 3.25. The van der Waals surface area contributed by atoms with Gasteiger partial charge in [-0.1, -0.05) is 6.07 Å². The van der Waals surface area contributed by atoms with Gasteiger partial charge in [-0.05, 0) is 25.5 Å². The van der Waals surface area contributed by atoms with Gasteiger partial charge in [-0.3, -0.25) is 0 Å². The van der Waals surface area contributed by atoms with Gasteiger partial charge in [-0.2, -0.15) is 27.8 Å². The Morgan fingerprint density at radius 3 is 2.63 bits per heavy atom. The molecule has 142 valence electrons. The van der Waals surface area contributed by atoms with Crippen LogP contribution < -0.4 is 10.6 Å². The van der Waals surface area contributed by atoms with E-state index in [-0.39, 0.29) is 13.1 Å². The Kier molecular flexibility index (Phi) is 3.93. The molecule has 4 heterocycles. The largest absolute Gasteiger partial charge is 0.395 e. The van der Waals surface area contributed by atoms with Crippen LogP contribution in [0.3, 0.4) is 0 Å². The van der Waals surface area contributed by atoms with Crippen molar-refractivity contribution < 1.29 is 13.2 Å². The van der Waals surface area contributed by atoms with Crippen molar-refractivity contribution in [2.24, 2.45) is 5.92 Å². The van der Waals surface area contributed by atoms with E-state index in [4.69, 9.17) is 5.73 Å². The first-order valence-corrected chi connectivity index (χ1v) is 8.47. The van der Waals surface area contributed by atoms with Crippen molar-refractivity contribution in [1.82, 2.24) is 24.6 Å². The molecule has 10 heteroatoms. The van der Waals surface area contributed by atoms with Gasteiger partial charge < -0.3 is 10.6 Å². The maximum atomic E-state index is 12.8. The zero-order chi connectivity index (χ0) is 19.3. The van der Waals surface area contributed by atoms with E-state index in [1.165, 1.54) is 10.8 Å². The molecule has 3 aromatic rings. The predicted octanol–water partition coefficient (Wildman–Crippen LogP) is 2.31. The van der Waals surface area contributed by atoms with Crippen LogP contribution in [0.5, 0.6) is 0 Å². The van der Waals surface area contributed by atoms with Gasteiger partial charge in [0.2, 0.25) is 0 Å². The number of nitrogens with two attached hydrogens (primary N) is 1. The number of alkyl halides is 3. The monoisotopic (exact) mass is 377 g/mol. The number of anilines is 2. The van der Waals surface area contributed by atoms with Crippen molar-refractivity contribution in [2.75, 3.05) is 23.7 Å². The van der Waals surface area contributed by atoms with Crippen molar-refractivity contribution >= 4 is 17.4 Å². The highest BCUT2D eigenvalue weighted by atomic mass is 19.4. The number of hydrogen-bond donors (Lipinski definition) is 1. The van der Waals surface area contributed by atoms with Gasteiger partial charge in [0.25, 0.3) is 5.78 Å². The van der Waals surface area contributed by atoms with Crippen molar-refractivity contribution in [3.8, 4) is 0 Å². The summed E-state index contributed by atoms with van der Waals surface area (Å²) in [6.07, 6.45) is -2.37. The smallest absolute Gasteiger partial charge is 0.383 e. The summed E-state index contributed by atoms with van der Waals surface area (Å²) in [6, 6.07) is 3.72. The Hall–Kier alpha value is -2.91. The second kappa shape index (κ2) is 6.07. The Bertz CT molecular complexity index is 1010. The van der Waals surface area contributed by atoms with Crippen LogP contribution in [0.4, 0.5) is 24.8 Å². The number of halogens is 3. The number of rotatable bonds is 3. The molecule has 3 aromatic heterocycles. The summed E-state index contributed by atoms with van der Waals surface area (Å²) in [5.41, 5.74) is 9.24. The summed E-state index contributed by atoms with van der Waals surface area (Å²) in [4.78, 5) is 14.7. The molecular weight excluding hydrogens is 359 g/mol. The Morgan fingerprint density at radius 2 is 1.93 bits per heavy atom. The molecular formula is C17H18F3N7. The van der Waals surface area contributed by atoms with E-state index in [0.717, 1.165) is 16.8 Å². The molecule has 1 saturated heterocycles. The molecule has 2 N–H and O–H groups in total. The van der Waals surface area contributed by atoms with Crippen LogP contribution in [-0.4, -0.2) is 43.8 Å². The summed E-state index contributed by atoms with van der Waals surface area (Å²) in [5.74, 6) is 0.142. The second-order valence-corrected chi connectivity index (χ2v) is 6.80. The third kappa shape index (κ3) is 3.04. The first kappa shape index (κ1) is 17.5. The van der Waals surface area contributed by atoms with E-state index < -0.39 is 12.1 Å². The molecule has 1 aliphatic heterocycles. The predicted molar refractivity (Wildman–Crippen MR) is 93.5 cm³/mol. The lowest BCUT2D eigenvalue weighted by Crippen LogP contribution is -2.54. The number of aryl methyl sites for hydroxylation is 2. The van der Waals surface area contributed by atoms with E-state index >= 15 is 0 Å². The van der Waals surface area contributed by atoms with Gasteiger partial charge >= 0.3 is 6.18 Å². The molecule has 0 saturated carbocycles. The average Bonchev–Trinajstić information content (AvgIpc) is 2.99. The second-order valence-electron chi connectivity index (χ2n) is 6.80. The Morgan fingerprint density at radius 1 is 1.19 bits per heavy atom. The van der Waals surface area contributed by atoms with Crippen LogP contribution in [0.1, 0.15) is 22.5 Å². The molecule has 0 aromatic carbocycles. The zero-order valence-corrected chi connectivity index (χ0v) is 14.8. The normalized spacial score (nSPS) is 15.4. The van der Waals surface area contributed by atoms with E-state index in [0.29, 0.717) is 29.5 Å². The fourth-order valence-corrected chi connectivity index (χ4v) is 3.25. The first-order chi connectivity index (χ1) is 12.7. The number of nitrogens with zero attached hydrogens (tertiary/aromatic N) is 6. The lowest BCUT2D eigenvalue weighted by atomic mass is 9.98. The quantitative estimate of drug-likeness (QED) is 0.754. The molecule has 27 heavy (non-hydrogen) atoms. The SMILES string of the molecule is Cc1ccc(Cc2c(C)nc3ncnn3c2N)nc1N1CC(C(F)(F)F)C1. The van der Waals surface area contributed by atoms with Crippen molar-refractivity contribution in [3.63, 3.8) is 0 Å². The molecule has 7 nitrogen and oxygen atoms in total. The molecule has 0 bridgehead atoms. The van der Waals surface area contributed by atoms with Crippen LogP contribution in [0.15, 0.2) is 18.5 Å². The third-order valence-electron chi connectivity index (χ3n) is 4.90. The number of aromatic nitrogens is 5. The number of nitrogen functional groups attached to an aromatic ring is 1. The molecule has 0 atom stereocenters. The summed E-state index contributed by atoms with van der Waals surface area (Å²) < 4.78 is 39.8. The third-order valence-corrected chi connectivity index (χ3v) is 4.90. The molecule has 0 amide bonds. The summed E-state index contributed by atoms with van der Waals surface area (Å²) in [7, 11) is 0. The van der Waals surface area contributed by atoms with Crippen molar-refractivity contribution in [2.45, 2.75) is 26.4 Å². The molecule has 0 radical (unpaired) electrons. The maximum absolute atomic E-state index is 12.8. The molecule has 0 unspecified atom stereocenters. The average molecular weight is 377 g/mol. The van der Waals surface area contributed by atoms with Crippen LogP contribution in [-0.2, 0) is 6.42 Å². The van der Waals surface area contributed by atoms with Crippen molar-refractivity contribution in [1.29, 1.82) is 0 Å². The first-order valence-electron chi connectivity index (χ1n) is 8.47. The Balaban J connectivity index is 1.61. The van der Waals surface area contributed by atoms with Gasteiger partial charge in [0.15, 0.2) is 0 Å². The molecule has 0 spiro atoms. The number of hydrogen-bond acceptors (Lipinski definition) is 6. The Labute approximate surface area is 153 Å². The van der Waals surface area contributed by atoms with Crippen LogP contribution in [0.2, 0.25) is 0 Å². The van der Waals surface area contributed by atoms with Gasteiger partial charge in [0.05, 0.1) is 5.92 Å². The minimum absolute atomic E-state index is 0.0611. The summed E-state index contributed by atoms with van der Waals surface area (Å²) in [6.45, 7) is 3.55. The standard InChI is InChI=1S/C17H18F3N7/c1-9-3-4-12(25-15(9)26-6-11(7-26)17(18,19)20)5-13-10(2)24-16-22-8-23-27(16)14(13)21/h3-4,8,11H,5-7,21H2,1-2H3. The lowest BCUT2D eigenvalue weighted by Gasteiger charge is -2.41. The molecule has 0 aliphatic carbocycles. The molecule has 4 rings (SSSR count). The van der Waals surface area contributed by atoms with E-state index in [9.17, 15) is 13.2 Å². The number of fused-ring (bicyclic) bond motifs is 1. The highest BCUT2D eigenvalue weighted by molar-refractivity contribution is 5.53. The van der Waals surface area contributed by atoms with Gasteiger partial charge in [-0.25, -0.2) is 9.97 Å². The van der Waals surface area contributed by atoms with E-state index in [1.54, 1.807) is 4.90 Å². The minimum Gasteiger partial charge on any atom is -0.383 e. The van der Waals surface area contributed by atoms with Gasteiger partial charge in [-0.15, -0.1) is 0 Å². The molecule has 1 aliphatic rings. The maximum Gasteiger partial charge on any atom is 0.395 e. The highest BCUT2D eigenvalue weighted by Gasteiger charge is 2.47. The minimum atomic E-state index is -4.16. The van der Waals surface area contributed by atoms with E-state index in [2.05, 4.69) is 20.1 Å². The van der Waals surface area contributed by atoms with Crippen LogP contribution in [0.25, 0.3) is 5.78 Å². The number of pyridine rings is 1. The van der Waals surface area contributed by atoms with E-state index in [1.807, 2.05) is 26.0 Å². The zero-order valence-electron chi connectivity index (χ0n) is 14.8. The lowest BCUT2D eigenvalue weighted by molar-refractivity contribution is -0.180. The van der Waals surface area contributed by atoms with Crippen molar-refractivity contribution in [3.05, 3.63) is 41.0 Å². The summed E-state index contributed by atoms with van der Waals surface area (Å²) >= 11 is 0. The van der Waals surface area contributed by atoms with Crippen LogP contribution >= 0.6 is 0 Å².